The Bertz CT molecular complexity index is 573. The monoisotopic (exact) mass is 318 g/mol. The molecule has 0 spiro atoms. The van der Waals surface area contributed by atoms with Gasteiger partial charge in [0.1, 0.15) is 12.1 Å². The predicted octanol–water partition coefficient (Wildman–Crippen LogP) is 0.898. The van der Waals surface area contributed by atoms with Gasteiger partial charge in [-0.2, -0.15) is 0 Å². The number of likely N-dealkylation sites (N-methyl/N-ethyl adjacent to an activating group) is 1. The number of carbonyl (C=O) groups is 3. The van der Waals surface area contributed by atoms with E-state index in [0.29, 0.717) is 19.3 Å². The topological polar surface area (TPSA) is 75.7 Å². The zero-order chi connectivity index (χ0) is 16.8. The highest BCUT2D eigenvalue weighted by molar-refractivity contribution is 5.93. The van der Waals surface area contributed by atoms with Crippen LogP contribution in [0, 0.1) is 0 Å². The Balaban J connectivity index is 2.06. The number of hydrogen-bond acceptors (Lipinski definition) is 4. The molecule has 1 N–H and O–H groups in total. The fourth-order valence-electron chi connectivity index (χ4n) is 2.66. The number of benzene rings is 1. The summed E-state index contributed by atoms with van der Waals surface area (Å²) < 4.78 is 5.05. The van der Waals surface area contributed by atoms with Crippen molar-refractivity contribution in [1.82, 2.24) is 10.2 Å². The summed E-state index contributed by atoms with van der Waals surface area (Å²) in [6, 6.07) is 8.16. The van der Waals surface area contributed by atoms with Crippen molar-refractivity contribution in [2.24, 2.45) is 0 Å². The lowest BCUT2D eigenvalue weighted by Gasteiger charge is -2.23. The molecule has 124 valence electrons. The minimum Gasteiger partial charge on any atom is -0.464 e. The Morgan fingerprint density at radius 3 is 2.61 bits per heavy atom. The van der Waals surface area contributed by atoms with Crippen LogP contribution in [-0.4, -0.2) is 48.4 Å². The van der Waals surface area contributed by atoms with Crippen LogP contribution in [0.15, 0.2) is 30.3 Å². The third-order valence-corrected chi connectivity index (χ3v) is 3.97. The van der Waals surface area contributed by atoms with E-state index in [2.05, 4.69) is 5.32 Å². The minimum atomic E-state index is -0.756. The van der Waals surface area contributed by atoms with Gasteiger partial charge in [0.15, 0.2) is 0 Å². The molecule has 1 heterocycles. The standard InChI is InChI=1S/C17H22N2O4/c1-3-23-17(22)13(11-12-7-5-4-6-8-12)18-16(21)14-9-10-15(20)19(14)2/h4-8,13-14H,3,9-11H2,1-2H3,(H,18,21)/t13-,14-/m0/s1. The van der Waals surface area contributed by atoms with Crippen molar-refractivity contribution in [3.05, 3.63) is 35.9 Å². The van der Waals surface area contributed by atoms with Gasteiger partial charge in [-0.3, -0.25) is 9.59 Å². The maximum Gasteiger partial charge on any atom is 0.328 e. The first-order chi connectivity index (χ1) is 11.0. The third kappa shape index (κ3) is 4.31. The highest BCUT2D eigenvalue weighted by Gasteiger charge is 2.35. The zero-order valence-electron chi connectivity index (χ0n) is 13.5. The molecule has 0 saturated carbocycles. The largest absolute Gasteiger partial charge is 0.464 e. The van der Waals surface area contributed by atoms with Crippen LogP contribution in [-0.2, 0) is 25.5 Å². The van der Waals surface area contributed by atoms with E-state index in [4.69, 9.17) is 4.74 Å². The van der Waals surface area contributed by atoms with Gasteiger partial charge in [-0.1, -0.05) is 30.3 Å². The molecule has 6 heteroatoms. The molecule has 1 saturated heterocycles. The molecule has 1 fully saturated rings. The van der Waals surface area contributed by atoms with Gasteiger partial charge < -0.3 is 15.0 Å². The summed E-state index contributed by atoms with van der Waals surface area (Å²) in [7, 11) is 1.61. The quantitative estimate of drug-likeness (QED) is 0.791. The highest BCUT2D eigenvalue weighted by atomic mass is 16.5. The van der Waals surface area contributed by atoms with E-state index < -0.39 is 18.1 Å². The number of esters is 1. The van der Waals surface area contributed by atoms with Gasteiger partial charge in [0, 0.05) is 19.9 Å². The van der Waals surface area contributed by atoms with Crippen molar-refractivity contribution in [1.29, 1.82) is 0 Å². The molecule has 0 radical (unpaired) electrons. The summed E-state index contributed by atoms with van der Waals surface area (Å²) in [6.07, 6.45) is 1.19. The Morgan fingerprint density at radius 1 is 1.35 bits per heavy atom. The SMILES string of the molecule is CCOC(=O)[C@H](Cc1ccccc1)NC(=O)[C@@H]1CCC(=O)N1C. The zero-order valence-corrected chi connectivity index (χ0v) is 13.5. The fraction of sp³-hybridized carbons (Fsp3) is 0.471. The molecular formula is C17H22N2O4. The average molecular weight is 318 g/mol. The van der Waals surface area contributed by atoms with Gasteiger partial charge in [-0.25, -0.2) is 4.79 Å². The number of carbonyl (C=O) groups excluding carboxylic acids is 3. The Hall–Kier alpha value is -2.37. The molecule has 23 heavy (non-hydrogen) atoms. The maximum atomic E-state index is 12.4. The number of hydrogen-bond donors (Lipinski definition) is 1. The lowest BCUT2D eigenvalue weighted by atomic mass is 10.1. The first kappa shape index (κ1) is 17.0. The van der Waals surface area contributed by atoms with Gasteiger partial charge in [0.2, 0.25) is 11.8 Å². The molecule has 1 aliphatic rings. The van der Waals surface area contributed by atoms with E-state index in [-0.39, 0.29) is 18.4 Å². The van der Waals surface area contributed by atoms with E-state index >= 15 is 0 Å². The molecule has 1 aromatic carbocycles. The molecule has 1 aromatic rings. The minimum absolute atomic E-state index is 0.0547. The molecule has 2 amide bonds. The van der Waals surface area contributed by atoms with Crippen LogP contribution in [0.2, 0.25) is 0 Å². The molecule has 1 aliphatic heterocycles. The third-order valence-electron chi connectivity index (χ3n) is 3.97. The van der Waals surface area contributed by atoms with E-state index in [1.807, 2.05) is 30.3 Å². The van der Waals surface area contributed by atoms with Crippen LogP contribution >= 0.6 is 0 Å². The van der Waals surface area contributed by atoms with Crippen LogP contribution in [0.3, 0.4) is 0 Å². The molecule has 0 aliphatic carbocycles. The van der Waals surface area contributed by atoms with Crippen molar-refractivity contribution in [3.8, 4) is 0 Å². The number of rotatable bonds is 6. The Labute approximate surface area is 135 Å². The number of nitrogens with one attached hydrogen (secondary N) is 1. The lowest BCUT2D eigenvalue weighted by Crippen LogP contribution is -2.50. The number of nitrogens with zero attached hydrogens (tertiary/aromatic N) is 1. The highest BCUT2D eigenvalue weighted by Crippen LogP contribution is 2.17. The fourth-order valence-corrected chi connectivity index (χ4v) is 2.66. The summed E-state index contributed by atoms with van der Waals surface area (Å²) in [6.45, 7) is 1.98. The van der Waals surface area contributed by atoms with Crippen molar-refractivity contribution in [2.45, 2.75) is 38.3 Å². The summed E-state index contributed by atoms with van der Waals surface area (Å²) in [5, 5.41) is 2.74. The molecule has 0 bridgehead atoms. The van der Waals surface area contributed by atoms with Gasteiger partial charge in [-0.05, 0) is 18.9 Å². The van der Waals surface area contributed by atoms with Crippen molar-refractivity contribution in [2.75, 3.05) is 13.7 Å². The molecule has 6 nitrogen and oxygen atoms in total. The molecule has 2 atom stereocenters. The lowest BCUT2D eigenvalue weighted by molar-refractivity contribution is -0.148. The summed E-state index contributed by atoms with van der Waals surface area (Å²) >= 11 is 0. The molecule has 2 rings (SSSR count). The number of likely N-dealkylation sites (tertiary alicyclic amines) is 1. The van der Waals surface area contributed by atoms with Crippen LogP contribution in [0.4, 0.5) is 0 Å². The smallest absolute Gasteiger partial charge is 0.328 e. The number of ether oxygens (including phenoxy) is 1. The maximum absolute atomic E-state index is 12.4. The Morgan fingerprint density at radius 2 is 2.04 bits per heavy atom. The molecule has 0 unspecified atom stereocenters. The van der Waals surface area contributed by atoms with E-state index in [9.17, 15) is 14.4 Å². The summed E-state index contributed by atoms with van der Waals surface area (Å²) in [5.74, 6) is -0.829. The molecular weight excluding hydrogens is 296 g/mol. The Kier molecular flexibility index (Phi) is 5.73. The van der Waals surface area contributed by atoms with E-state index in [1.165, 1.54) is 4.90 Å². The first-order valence-electron chi connectivity index (χ1n) is 7.79. The van der Waals surface area contributed by atoms with E-state index in [0.717, 1.165) is 5.56 Å². The van der Waals surface area contributed by atoms with Crippen LogP contribution in [0.25, 0.3) is 0 Å². The predicted molar refractivity (Wildman–Crippen MR) is 84.5 cm³/mol. The molecule has 0 aromatic heterocycles. The summed E-state index contributed by atoms with van der Waals surface area (Å²) in [4.78, 5) is 37.5. The van der Waals surface area contributed by atoms with Gasteiger partial charge in [0.25, 0.3) is 0 Å². The van der Waals surface area contributed by atoms with Gasteiger partial charge >= 0.3 is 5.97 Å². The van der Waals surface area contributed by atoms with Crippen molar-refractivity contribution >= 4 is 17.8 Å². The van der Waals surface area contributed by atoms with Crippen LogP contribution in [0.1, 0.15) is 25.3 Å². The van der Waals surface area contributed by atoms with Gasteiger partial charge in [-0.15, -0.1) is 0 Å². The van der Waals surface area contributed by atoms with Crippen molar-refractivity contribution < 1.29 is 19.1 Å². The van der Waals surface area contributed by atoms with E-state index in [1.54, 1.807) is 14.0 Å². The first-order valence-corrected chi connectivity index (χ1v) is 7.79. The van der Waals surface area contributed by atoms with Gasteiger partial charge in [0.05, 0.1) is 6.61 Å². The second-order valence-electron chi connectivity index (χ2n) is 5.56. The van der Waals surface area contributed by atoms with Crippen LogP contribution < -0.4 is 5.32 Å². The second kappa shape index (κ2) is 7.76. The normalized spacial score (nSPS) is 18.6. The van der Waals surface area contributed by atoms with Crippen molar-refractivity contribution in [3.63, 3.8) is 0 Å². The summed E-state index contributed by atoms with van der Waals surface area (Å²) in [5.41, 5.74) is 0.932. The number of amides is 2. The van der Waals surface area contributed by atoms with Crippen LogP contribution in [0.5, 0.6) is 0 Å². The average Bonchev–Trinajstić information content (AvgIpc) is 2.87. The second-order valence-corrected chi connectivity index (χ2v) is 5.56.